The number of aromatic nitrogens is 1. The summed E-state index contributed by atoms with van der Waals surface area (Å²) < 4.78 is 30.2. The Morgan fingerprint density at radius 1 is 1.05 bits per heavy atom. The van der Waals surface area contributed by atoms with E-state index < -0.39 is 34.8 Å². The Bertz CT molecular complexity index is 1380. The number of piperazine rings is 1. The van der Waals surface area contributed by atoms with Crippen molar-refractivity contribution < 1.29 is 23.2 Å². The third kappa shape index (κ3) is 5.39. The topological polar surface area (TPSA) is 73.8 Å². The lowest BCUT2D eigenvalue weighted by atomic mass is 9.91. The summed E-state index contributed by atoms with van der Waals surface area (Å²) in [6.07, 6.45) is 1.90. The second-order valence-electron chi connectivity index (χ2n) is 9.09. The Labute approximate surface area is 219 Å². The van der Waals surface area contributed by atoms with Gasteiger partial charge >= 0.3 is 6.03 Å². The van der Waals surface area contributed by atoms with Crippen LogP contribution >= 0.6 is 0 Å². The highest BCUT2D eigenvalue weighted by Gasteiger charge is 2.48. The van der Waals surface area contributed by atoms with Crippen molar-refractivity contribution in [1.82, 2.24) is 14.8 Å². The van der Waals surface area contributed by atoms with Crippen LogP contribution in [0.4, 0.5) is 19.3 Å². The van der Waals surface area contributed by atoms with E-state index in [1.807, 2.05) is 6.07 Å². The zero-order valence-electron chi connectivity index (χ0n) is 21.0. The number of hydrogen-bond acceptors (Lipinski definition) is 4. The Morgan fingerprint density at radius 2 is 1.71 bits per heavy atom. The zero-order chi connectivity index (χ0) is 27.3. The van der Waals surface area contributed by atoms with Crippen LogP contribution in [0.1, 0.15) is 30.2 Å². The molecule has 2 aromatic carbocycles. The molecule has 1 aliphatic heterocycles. The molecular formula is C29H26F2N4O3. The average molecular weight is 517 g/mol. The first-order valence-corrected chi connectivity index (χ1v) is 12.0. The number of carbonyl (C=O) groups excluding carboxylic acids is 3. The van der Waals surface area contributed by atoms with Crippen molar-refractivity contribution in [3.63, 3.8) is 0 Å². The van der Waals surface area contributed by atoms with E-state index >= 15 is 8.78 Å². The van der Waals surface area contributed by atoms with Crippen LogP contribution in [0.3, 0.4) is 0 Å². The maximum Gasteiger partial charge on any atom is 0.325 e. The summed E-state index contributed by atoms with van der Waals surface area (Å²) >= 11 is 0. The van der Waals surface area contributed by atoms with Gasteiger partial charge in [0.05, 0.1) is 12.2 Å². The average Bonchev–Trinajstić information content (AvgIpc) is 2.91. The largest absolute Gasteiger partial charge is 0.333 e. The molecule has 1 unspecified atom stereocenters. The van der Waals surface area contributed by atoms with Gasteiger partial charge in [-0.15, -0.1) is 0 Å². The summed E-state index contributed by atoms with van der Waals surface area (Å²) in [7, 11) is 1.23. The Hall–Kier alpha value is -4.58. The molecule has 0 radical (unpaired) electrons. The summed E-state index contributed by atoms with van der Waals surface area (Å²) in [5.41, 5.74) is -0.653. The van der Waals surface area contributed by atoms with Gasteiger partial charge in [-0.1, -0.05) is 36.1 Å². The van der Waals surface area contributed by atoms with E-state index in [-0.39, 0.29) is 31.6 Å². The molecule has 1 saturated heterocycles. The van der Waals surface area contributed by atoms with Crippen LogP contribution < -0.4 is 4.90 Å². The lowest BCUT2D eigenvalue weighted by Crippen LogP contribution is -2.67. The van der Waals surface area contributed by atoms with Crippen molar-refractivity contribution in [1.29, 1.82) is 0 Å². The first-order chi connectivity index (χ1) is 18.2. The maximum absolute atomic E-state index is 15.1. The molecule has 38 heavy (non-hydrogen) atoms. The molecule has 0 bridgehead atoms. The highest BCUT2D eigenvalue weighted by atomic mass is 19.1. The molecule has 4 rings (SSSR count). The summed E-state index contributed by atoms with van der Waals surface area (Å²) in [6, 6.07) is 15.6. The van der Waals surface area contributed by atoms with Crippen molar-refractivity contribution >= 4 is 23.9 Å². The fourth-order valence-electron chi connectivity index (χ4n) is 4.43. The molecule has 0 N–H and O–H groups in total. The van der Waals surface area contributed by atoms with Crippen LogP contribution in [0.25, 0.3) is 0 Å². The van der Waals surface area contributed by atoms with E-state index in [1.165, 1.54) is 23.8 Å². The van der Waals surface area contributed by atoms with Crippen LogP contribution in [-0.2, 0) is 16.1 Å². The monoisotopic (exact) mass is 516 g/mol. The van der Waals surface area contributed by atoms with E-state index in [0.717, 1.165) is 17.0 Å². The molecule has 0 aliphatic carbocycles. The van der Waals surface area contributed by atoms with E-state index in [1.54, 1.807) is 48.7 Å². The normalized spacial score (nSPS) is 17.0. The van der Waals surface area contributed by atoms with Crippen molar-refractivity contribution in [2.45, 2.75) is 25.4 Å². The molecule has 2 heterocycles. The molecule has 1 aliphatic rings. The molecule has 1 fully saturated rings. The van der Waals surface area contributed by atoms with Crippen molar-refractivity contribution in [3.8, 4) is 11.8 Å². The number of carbonyl (C=O) groups is 3. The maximum atomic E-state index is 15.1. The lowest BCUT2D eigenvalue weighted by molar-refractivity contribution is -0.149. The van der Waals surface area contributed by atoms with Gasteiger partial charge in [0.25, 0.3) is 0 Å². The van der Waals surface area contributed by atoms with Crippen LogP contribution in [-0.4, -0.2) is 58.7 Å². The predicted molar refractivity (Wildman–Crippen MR) is 138 cm³/mol. The number of rotatable bonds is 5. The Balaban J connectivity index is 1.58. The van der Waals surface area contributed by atoms with Gasteiger partial charge in [-0.25, -0.2) is 13.6 Å². The molecule has 0 saturated carbocycles. The number of urea groups is 1. The molecule has 1 atom stereocenters. The summed E-state index contributed by atoms with van der Waals surface area (Å²) in [5.74, 6) is 3.16. The Kier molecular flexibility index (Phi) is 7.82. The Morgan fingerprint density at radius 3 is 2.34 bits per heavy atom. The van der Waals surface area contributed by atoms with Gasteiger partial charge in [-0.05, 0) is 43.3 Å². The van der Waals surface area contributed by atoms with Crippen molar-refractivity contribution in [2.24, 2.45) is 0 Å². The lowest BCUT2D eigenvalue weighted by Gasteiger charge is -2.47. The van der Waals surface area contributed by atoms with E-state index in [2.05, 4.69) is 16.8 Å². The molecule has 0 spiro atoms. The minimum atomic E-state index is -1.53. The molecule has 1 aromatic heterocycles. The van der Waals surface area contributed by atoms with Crippen LogP contribution in [0.2, 0.25) is 0 Å². The van der Waals surface area contributed by atoms with Crippen LogP contribution in [0, 0.1) is 23.5 Å². The highest BCUT2D eigenvalue weighted by molar-refractivity contribution is 5.99. The highest BCUT2D eigenvalue weighted by Crippen LogP contribution is 2.31. The number of halogens is 2. The second kappa shape index (κ2) is 11.2. The van der Waals surface area contributed by atoms with Gasteiger partial charge in [-0.3, -0.25) is 14.7 Å². The van der Waals surface area contributed by atoms with E-state index in [9.17, 15) is 14.4 Å². The SMILES string of the molecule is CN(C(=O)N1CCN(Cc2ccccn2)C(=O)C1(C)CC=O)c1c(F)cc(C#Cc2ccccc2)cc1F. The van der Waals surface area contributed by atoms with Gasteiger partial charge in [-0.2, -0.15) is 0 Å². The van der Waals surface area contributed by atoms with Gasteiger partial charge in [0, 0.05) is 43.9 Å². The van der Waals surface area contributed by atoms with Gasteiger partial charge in [0.2, 0.25) is 5.91 Å². The van der Waals surface area contributed by atoms with Crippen LogP contribution in [0.15, 0.2) is 66.9 Å². The van der Waals surface area contributed by atoms with Crippen molar-refractivity contribution in [2.75, 3.05) is 25.0 Å². The van der Waals surface area contributed by atoms with E-state index in [0.29, 0.717) is 17.5 Å². The number of benzene rings is 2. The standard InChI is InChI=1S/C29H26F2N4O3/c1-29(13-17-36)27(37)34(20-23-10-6-7-14-32-23)15-16-35(29)28(38)33(2)26-24(30)18-22(19-25(26)31)12-11-21-8-4-3-5-9-21/h3-10,14,17-19H,13,15-16,20H2,1-2H3. The smallest absolute Gasteiger partial charge is 0.325 e. The summed E-state index contributed by atoms with van der Waals surface area (Å²) in [4.78, 5) is 46.3. The van der Waals surface area contributed by atoms with Gasteiger partial charge < -0.3 is 14.6 Å². The van der Waals surface area contributed by atoms with Gasteiger partial charge in [0.1, 0.15) is 17.5 Å². The fourth-order valence-corrected chi connectivity index (χ4v) is 4.43. The van der Waals surface area contributed by atoms with Crippen LogP contribution in [0.5, 0.6) is 0 Å². The third-order valence-electron chi connectivity index (χ3n) is 6.49. The number of aldehydes is 1. The molecule has 194 valence electrons. The molecule has 9 heteroatoms. The summed E-state index contributed by atoms with van der Waals surface area (Å²) in [5, 5.41) is 0. The first kappa shape index (κ1) is 26.5. The molecule has 7 nitrogen and oxygen atoms in total. The first-order valence-electron chi connectivity index (χ1n) is 12.0. The van der Waals surface area contributed by atoms with E-state index in [4.69, 9.17) is 0 Å². The molecular weight excluding hydrogens is 490 g/mol. The zero-order valence-corrected chi connectivity index (χ0v) is 21.0. The summed E-state index contributed by atoms with van der Waals surface area (Å²) in [6.45, 7) is 1.92. The third-order valence-corrected chi connectivity index (χ3v) is 6.49. The predicted octanol–water partition coefficient (Wildman–Crippen LogP) is 4.01. The minimum Gasteiger partial charge on any atom is -0.333 e. The fraction of sp³-hybridized carbons (Fsp3) is 0.241. The van der Waals surface area contributed by atoms with Gasteiger partial charge in [0.15, 0.2) is 11.6 Å². The van der Waals surface area contributed by atoms with Crippen molar-refractivity contribution in [3.05, 3.63) is 95.3 Å². The molecule has 3 amide bonds. The second-order valence-corrected chi connectivity index (χ2v) is 9.09. The quantitative estimate of drug-likeness (QED) is 0.380. The number of pyridine rings is 1. The number of amides is 3. The number of nitrogens with zero attached hydrogens (tertiary/aromatic N) is 4. The number of hydrogen-bond donors (Lipinski definition) is 0. The minimum absolute atomic E-state index is 0.0654. The number of anilines is 1. The molecule has 3 aromatic rings.